The van der Waals surface area contributed by atoms with E-state index in [1.165, 1.54) is 0 Å². The smallest absolute Gasteiger partial charge is 0.223 e. The van der Waals surface area contributed by atoms with Gasteiger partial charge in [-0.3, -0.25) is 4.79 Å². The number of hydrogen-bond acceptors (Lipinski definition) is 3. The highest BCUT2D eigenvalue weighted by molar-refractivity contribution is 9.10. The van der Waals surface area contributed by atoms with E-state index >= 15 is 0 Å². The Labute approximate surface area is 116 Å². The molecule has 5 heteroatoms. The Morgan fingerprint density at radius 1 is 1.33 bits per heavy atom. The molecule has 0 aliphatic rings. The van der Waals surface area contributed by atoms with Crippen molar-refractivity contribution in [3.05, 3.63) is 28.7 Å². The number of ether oxygens (including phenoxy) is 1. The highest BCUT2D eigenvalue weighted by Gasteiger charge is 2.03. The normalized spacial score (nSPS) is 10.1. The van der Waals surface area contributed by atoms with Crippen molar-refractivity contribution >= 4 is 21.8 Å². The SMILES string of the molecule is CNCCCNC(=O)CCOc1ccccc1Br. The first-order chi connectivity index (χ1) is 8.74. The molecule has 1 rings (SSSR count). The second kappa shape index (κ2) is 8.94. The number of carbonyl (C=O) groups is 1. The van der Waals surface area contributed by atoms with Crippen LogP contribution in [0.4, 0.5) is 0 Å². The third-order valence-electron chi connectivity index (χ3n) is 2.35. The molecule has 0 radical (unpaired) electrons. The predicted octanol–water partition coefficient (Wildman–Crippen LogP) is 1.94. The van der Waals surface area contributed by atoms with Crippen LogP contribution in [0.2, 0.25) is 0 Å². The average Bonchev–Trinajstić information content (AvgIpc) is 2.37. The summed E-state index contributed by atoms with van der Waals surface area (Å²) >= 11 is 3.39. The maximum Gasteiger partial charge on any atom is 0.223 e. The van der Waals surface area contributed by atoms with Crippen LogP contribution in [0, 0.1) is 0 Å². The van der Waals surface area contributed by atoms with Crippen molar-refractivity contribution in [3.63, 3.8) is 0 Å². The number of para-hydroxylation sites is 1. The first-order valence-electron chi connectivity index (χ1n) is 6.02. The van der Waals surface area contributed by atoms with E-state index < -0.39 is 0 Å². The topological polar surface area (TPSA) is 50.4 Å². The van der Waals surface area contributed by atoms with Gasteiger partial charge in [0.05, 0.1) is 17.5 Å². The number of rotatable bonds is 8. The van der Waals surface area contributed by atoms with Gasteiger partial charge in [-0.25, -0.2) is 0 Å². The van der Waals surface area contributed by atoms with E-state index in [0.717, 1.165) is 23.2 Å². The summed E-state index contributed by atoms with van der Waals surface area (Å²) < 4.78 is 6.42. The van der Waals surface area contributed by atoms with Crippen molar-refractivity contribution in [2.45, 2.75) is 12.8 Å². The molecule has 0 aromatic heterocycles. The molecule has 0 heterocycles. The molecular weight excluding hydrogens is 296 g/mol. The molecule has 0 fully saturated rings. The van der Waals surface area contributed by atoms with Crippen LogP contribution < -0.4 is 15.4 Å². The predicted molar refractivity (Wildman–Crippen MR) is 75.8 cm³/mol. The van der Waals surface area contributed by atoms with Gasteiger partial charge in [0.25, 0.3) is 0 Å². The summed E-state index contributed by atoms with van der Waals surface area (Å²) in [6.45, 7) is 2.00. The molecule has 0 aliphatic carbocycles. The van der Waals surface area contributed by atoms with Crippen molar-refractivity contribution in [3.8, 4) is 5.75 Å². The summed E-state index contributed by atoms with van der Waals surface area (Å²) in [5.41, 5.74) is 0. The van der Waals surface area contributed by atoms with Gasteiger partial charge >= 0.3 is 0 Å². The standard InChI is InChI=1S/C13H19BrN2O2/c1-15-8-4-9-16-13(17)7-10-18-12-6-3-2-5-11(12)14/h2-3,5-6,15H,4,7-10H2,1H3,(H,16,17). The van der Waals surface area contributed by atoms with Crippen molar-refractivity contribution in [2.75, 3.05) is 26.7 Å². The Kier molecular flexibility index (Phi) is 7.44. The van der Waals surface area contributed by atoms with Crippen LogP contribution in [0.3, 0.4) is 0 Å². The Balaban J connectivity index is 2.14. The molecular formula is C13H19BrN2O2. The minimum atomic E-state index is 0.0261. The van der Waals surface area contributed by atoms with Gasteiger partial charge in [-0.1, -0.05) is 12.1 Å². The molecule has 1 aromatic rings. The zero-order valence-electron chi connectivity index (χ0n) is 10.5. The summed E-state index contributed by atoms with van der Waals surface area (Å²) in [5.74, 6) is 0.790. The lowest BCUT2D eigenvalue weighted by Gasteiger charge is -2.08. The van der Waals surface area contributed by atoms with E-state index in [9.17, 15) is 4.79 Å². The fourth-order valence-electron chi connectivity index (χ4n) is 1.40. The molecule has 1 aromatic carbocycles. The van der Waals surface area contributed by atoms with Gasteiger partial charge in [0.2, 0.25) is 5.91 Å². The summed E-state index contributed by atoms with van der Waals surface area (Å²) in [6.07, 6.45) is 1.31. The Hall–Kier alpha value is -1.07. The van der Waals surface area contributed by atoms with Gasteiger partial charge in [0, 0.05) is 6.54 Å². The quantitative estimate of drug-likeness (QED) is 0.721. The first-order valence-corrected chi connectivity index (χ1v) is 6.82. The molecule has 0 spiro atoms. The molecule has 0 unspecified atom stereocenters. The third kappa shape index (κ3) is 6.02. The number of carbonyl (C=O) groups excluding carboxylic acids is 1. The largest absolute Gasteiger partial charge is 0.492 e. The van der Waals surface area contributed by atoms with Gasteiger partial charge in [0.1, 0.15) is 5.75 Å². The van der Waals surface area contributed by atoms with Crippen LogP contribution in [0.5, 0.6) is 5.75 Å². The fourth-order valence-corrected chi connectivity index (χ4v) is 1.80. The maximum absolute atomic E-state index is 11.5. The third-order valence-corrected chi connectivity index (χ3v) is 3.00. The van der Waals surface area contributed by atoms with E-state index in [1.807, 2.05) is 31.3 Å². The Morgan fingerprint density at radius 2 is 2.11 bits per heavy atom. The molecule has 2 N–H and O–H groups in total. The van der Waals surface area contributed by atoms with E-state index in [4.69, 9.17) is 4.74 Å². The second-order valence-electron chi connectivity index (χ2n) is 3.84. The molecule has 4 nitrogen and oxygen atoms in total. The van der Waals surface area contributed by atoms with Crippen LogP contribution in [0.15, 0.2) is 28.7 Å². The maximum atomic E-state index is 11.5. The summed E-state index contributed by atoms with van der Waals surface area (Å²) in [6, 6.07) is 7.60. The van der Waals surface area contributed by atoms with Gasteiger partial charge in [-0.05, 0) is 48.1 Å². The van der Waals surface area contributed by atoms with Crippen molar-refractivity contribution < 1.29 is 9.53 Å². The zero-order chi connectivity index (χ0) is 13.2. The Bertz CT molecular complexity index is 372. The minimum absolute atomic E-state index is 0.0261. The van der Waals surface area contributed by atoms with Crippen LogP contribution in [0.25, 0.3) is 0 Å². The number of benzene rings is 1. The van der Waals surface area contributed by atoms with Crippen LogP contribution >= 0.6 is 15.9 Å². The highest BCUT2D eigenvalue weighted by Crippen LogP contribution is 2.23. The molecule has 0 atom stereocenters. The van der Waals surface area contributed by atoms with Gasteiger partial charge in [-0.15, -0.1) is 0 Å². The molecule has 1 amide bonds. The average molecular weight is 315 g/mol. The molecule has 100 valence electrons. The molecule has 18 heavy (non-hydrogen) atoms. The van der Waals surface area contributed by atoms with E-state index in [0.29, 0.717) is 19.6 Å². The van der Waals surface area contributed by atoms with E-state index in [-0.39, 0.29) is 5.91 Å². The number of amides is 1. The summed E-state index contributed by atoms with van der Waals surface area (Å²) in [4.78, 5) is 11.5. The monoisotopic (exact) mass is 314 g/mol. The first kappa shape index (κ1) is 15.0. The number of hydrogen-bond donors (Lipinski definition) is 2. The zero-order valence-corrected chi connectivity index (χ0v) is 12.1. The Morgan fingerprint density at radius 3 is 2.83 bits per heavy atom. The lowest BCUT2D eigenvalue weighted by molar-refractivity contribution is -0.121. The molecule has 0 saturated heterocycles. The molecule has 0 aliphatic heterocycles. The van der Waals surface area contributed by atoms with Crippen molar-refractivity contribution in [1.82, 2.24) is 10.6 Å². The minimum Gasteiger partial charge on any atom is -0.492 e. The number of nitrogens with one attached hydrogen (secondary N) is 2. The van der Waals surface area contributed by atoms with Crippen molar-refractivity contribution in [2.24, 2.45) is 0 Å². The summed E-state index contributed by atoms with van der Waals surface area (Å²) in [7, 11) is 1.90. The molecule has 0 bridgehead atoms. The van der Waals surface area contributed by atoms with Crippen molar-refractivity contribution in [1.29, 1.82) is 0 Å². The van der Waals surface area contributed by atoms with Crippen LogP contribution in [-0.4, -0.2) is 32.7 Å². The number of halogens is 1. The van der Waals surface area contributed by atoms with Crippen LogP contribution in [0.1, 0.15) is 12.8 Å². The van der Waals surface area contributed by atoms with E-state index in [2.05, 4.69) is 26.6 Å². The highest BCUT2D eigenvalue weighted by atomic mass is 79.9. The second-order valence-corrected chi connectivity index (χ2v) is 4.69. The molecule has 0 saturated carbocycles. The van der Waals surface area contributed by atoms with Crippen LogP contribution in [-0.2, 0) is 4.79 Å². The summed E-state index contributed by atoms with van der Waals surface area (Å²) in [5, 5.41) is 5.88. The van der Waals surface area contributed by atoms with Gasteiger partial charge in [-0.2, -0.15) is 0 Å². The van der Waals surface area contributed by atoms with Gasteiger partial charge in [0.15, 0.2) is 0 Å². The fraction of sp³-hybridized carbons (Fsp3) is 0.462. The lowest BCUT2D eigenvalue weighted by Crippen LogP contribution is -2.27. The van der Waals surface area contributed by atoms with E-state index in [1.54, 1.807) is 0 Å². The van der Waals surface area contributed by atoms with Gasteiger partial charge < -0.3 is 15.4 Å². The lowest BCUT2D eigenvalue weighted by atomic mass is 10.3.